The van der Waals surface area contributed by atoms with Gasteiger partial charge >= 0.3 is 0 Å². The van der Waals surface area contributed by atoms with Crippen LogP contribution in [0.25, 0.3) is 11.3 Å². The predicted octanol–water partition coefficient (Wildman–Crippen LogP) is 4.35. The molecule has 1 aromatic heterocycles. The summed E-state index contributed by atoms with van der Waals surface area (Å²) in [7, 11) is 1.94. The second-order valence-electron chi connectivity index (χ2n) is 4.99. The van der Waals surface area contributed by atoms with Crippen LogP contribution in [0.3, 0.4) is 0 Å². The summed E-state index contributed by atoms with van der Waals surface area (Å²) in [6.07, 6.45) is 0. The van der Waals surface area contributed by atoms with Gasteiger partial charge in [0, 0.05) is 5.56 Å². The molecule has 1 unspecified atom stereocenters. The third-order valence-electron chi connectivity index (χ3n) is 3.32. The van der Waals surface area contributed by atoms with Crippen molar-refractivity contribution in [2.75, 3.05) is 7.05 Å². The van der Waals surface area contributed by atoms with Crippen molar-refractivity contribution in [1.29, 1.82) is 0 Å². The lowest BCUT2D eigenvalue weighted by Gasteiger charge is -2.07. The average Bonchev–Trinajstić information content (AvgIpc) is 2.87. The molecule has 0 amide bonds. The molecule has 96 valence electrons. The SMILES string of the molecule is CNC(C)c1ccc(-c2cccc(C(C)C)c2)o1. The Morgan fingerprint density at radius 1 is 1.06 bits per heavy atom. The Bertz CT molecular complexity index is 513. The Morgan fingerprint density at radius 3 is 2.50 bits per heavy atom. The van der Waals surface area contributed by atoms with Gasteiger partial charge in [0.05, 0.1) is 6.04 Å². The molecular formula is C16H21NO. The molecule has 0 saturated heterocycles. The molecule has 0 aliphatic carbocycles. The van der Waals surface area contributed by atoms with Crippen LogP contribution < -0.4 is 5.32 Å². The van der Waals surface area contributed by atoms with Crippen molar-refractivity contribution in [2.24, 2.45) is 0 Å². The summed E-state index contributed by atoms with van der Waals surface area (Å²) in [5, 5.41) is 3.18. The molecule has 0 radical (unpaired) electrons. The normalized spacial score (nSPS) is 12.9. The van der Waals surface area contributed by atoms with Crippen molar-refractivity contribution in [1.82, 2.24) is 5.32 Å². The molecule has 18 heavy (non-hydrogen) atoms. The van der Waals surface area contributed by atoms with E-state index in [1.54, 1.807) is 0 Å². The van der Waals surface area contributed by atoms with Crippen LogP contribution in [-0.2, 0) is 0 Å². The Balaban J connectivity index is 2.31. The first-order valence-corrected chi connectivity index (χ1v) is 6.49. The third kappa shape index (κ3) is 2.65. The van der Waals surface area contributed by atoms with Crippen LogP contribution in [0.1, 0.15) is 44.1 Å². The zero-order valence-corrected chi connectivity index (χ0v) is 11.5. The van der Waals surface area contributed by atoms with Gasteiger partial charge in [0.15, 0.2) is 0 Å². The van der Waals surface area contributed by atoms with Crippen molar-refractivity contribution < 1.29 is 4.42 Å². The lowest BCUT2D eigenvalue weighted by molar-refractivity contribution is 0.458. The van der Waals surface area contributed by atoms with Crippen LogP contribution in [-0.4, -0.2) is 7.05 Å². The highest BCUT2D eigenvalue weighted by atomic mass is 16.3. The summed E-state index contributed by atoms with van der Waals surface area (Å²) in [6, 6.07) is 12.9. The molecule has 0 saturated carbocycles. The summed E-state index contributed by atoms with van der Waals surface area (Å²) < 4.78 is 5.89. The Labute approximate surface area is 109 Å². The minimum Gasteiger partial charge on any atom is -0.459 e. The van der Waals surface area contributed by atoms with Gasteiger partial charge in [-0.05, 0) is 43.7 Å². The van der Waals surface area contributed by atoms with Crippen molar-refractivity contribution in [2.45, 2.75) is 32.7 Å². The number of nitrogens with one attached hydrogen (secondary N) is 1. The smallest absolute Gasteiger partial charge is 0.134 e. The fourth-order valence-corrected chi connectivity index (χ4v) is 1.93. The summed E-state index contributed by atoms with van der Waals surface area (Å²) in [5.74, 6) is 2.45. The van der Waals surface area contributed by atoms with Crippen molar-refractivity contribution in [3.8, 4) is 11.3 Å². The molecule has 2 aromatic rings. The molecule has 1 N–H and O–H groups in total. The maximum Gasteiger partial charge on any atom is 0.134 e. The number of rotatable bonds is 4. The fraction of sp³-hybridized carbons (Fsp3) is 0.375. The van der Waals surface area contributed by atoms with Gasteiger partial charge in [0.2, 0.25) is 0 Å². The van der Waals surface area contributed by atoms with Crippen LogP contribution in [0.15, 0.2) is 40.8 Å². The first-order chi connectivity index (χ1) is 8.61. The average molecular weight is 243 g/mol. The van der Waals surface area contributed by atoms with E-state index in [9.17, 15) is 0 Å². The molecular weight excluding hydrogens is 222 g/mol. The quantitative estimate of drug-likeness (QED) is 0.863. The van der Waals surface area contributed by atoms with E-state index in [2.05, 4.69) is 50.4 Å². The van der Waals surface area contributed by atoms with Crippen LogP contribution in [0.4, 0.5) is 0 Å². The van der Waals surface area contributed by atoms with Gasteiger partial charge in [-0.25, -0.2) is 0 Å². The van der Waals surface area contributed by atoms with E-state index in [0.29, 0.717) is 5.92 Å². The lowest BCUT2D eigenvalue weighted by atomic mass is 10.0. The molecule has 0 aliphatic rings. The summed E-state index contributed by atoms with van der Waals surface area (Å²) in [4.78, 5) is 0. The largest absolute Gasteiger partial charge is 0.459 e. The van der Waals surface area contributed by atoms with Crippen LogP contribution in [0.2, 0.25) is 0 Å². The van der Waals surface area contributed by atoms with E-state index in [1.165, 1.54) is 5.56 Å². The fourth-order valence-electron chi connectivity index (χ4n) is 1.93. The first-order valence-electron chi connectivity index (χ1n) is 6.49. The molecule has 0 aliphatic heterocycles. The number of furan rings is 1. The van der Waals surface area contributed by atoms with E-state index in [0.717, 1.165) is 17.1 Å². The Hall–Kier alpha value is -1.54. The second-order valence-corrected chi connectivity index (χ2v) is 4.99. The topological polar surface area (TPSA) is 25.2 Å². The van der Waals surface area contributed by atoms with Crippen molar-refractivity contribution >= 4 is 0 Å². The maximum atomic E-state index is 5.89. The number of hydrogen-bond donors (Lipinski definition) is 1. The minimum atomic E-state index is 0.243. The van der Waals surface area contributed by atoms with Crippen molar-refractivity contribution in [3.05, 3.63) is 47.7 Å². The molecule has 1 heterocycles. The summed E-state index contributed by atoms with van der Waals surface area (Å²) in [5.41, 5.74) is 2.49. The van der Waals surface area contributed by atoms with Gasteiger partial charge in [0.1, 0.15) is 11.5 Å². The highest BCUT2D eigenvalue weighted by molar-refractivity contribution is 5.59. The third-order valence-corrected chi connectivity index (χ3v) is 3.32. The van der Waals surface area contributed by atoms with Gasteiger partial charge in [-0.2, -0.15) is 0 Å². The van der Waals surface area contributed by atoms with Gasteiger partial charge in [-0.15, -0.1) is 0 Å². The molecule has 0 fully saturated rings. The summed E-state index contributed by atoms with van der Waals surface area (Å²) in [6.45, 7) is 6.50. The highest BCUT2D eigenvalue weighted by Crippen LogP contribution is 2.27. The molecule has 2 rings (SSSR count). The van der Waals surface area contributed by atoms with Gasteiger partial charge in [-0.3, -0.25) is 0 Å². The molecule has 2 heteroatoms. The van der Waals surface area contributed by atoms with Crippen LogP contribution >= 0.6 is 0 Å². The highest BCUT2D eigenvalue weighted by Gasteiger charge is 2.10. The minimum absolute atomic E-state index is 0.243. The second kappa shape index (κ2) is 5.40. The van der Waals surface area contributed by atoms with Gasteiger partial charge < -0.3 is 9.73 Å². The van der Waals surface area contributed by atoms with Gasteiger partial charge in [-0.1, -0.05) is 32.0 Å². The van der Waals surface area contributed by atoms with E-state index >= 15 is 0 Å². The van der Waals surface area contributed by atoms with Crippen LogP contribution in [0, 0.1) is 0 Å². The van der Waals surface area contributed by atoms with Crippen molar-refractivity contribution in [3.63, 3.8) is 0 Å². The zero-order chi connectivity index (χ0) is 13.1. The number of hydrogen-bond acceptors (Lipinski definition) is 2. The van der Waals surface area contributed by atoms with E-state index in [-0.39, 0.29) is 6.04 Å². The predicted molar refractivity (Wildman–Crippen MR) is 75.7 cm³/mol. The lowest BCUT2D eigenvalue weighted by Crippen LogP contribution is -2.10. The molecule has 0 spiro atoms. The van der Waals surface area contributed by atoms with E-state index < -0.39 is 0 Å². The monoisotopic (exact) mass is 243 g/mol. The molecule has 0 bridgehead atoms. The van der Waals surface area contributed by atoms with E-state index in [1.807, 2.05) is 19.2 Å². The summed E-state index contributed by atoms with van der Waals surface area (Å²) >= 11 is 0. The number of benzene rings is 1. The van der Waals surface area contributed by atoms with E-state index in [4.69, 9.17) is 4.42 Å². The standard InChI is InChI=1S/C16H21NO/c1-11(2)13-6-5-7-14(10-13)16-9-8-15(18-16)12(3)17-4/h5-12,17H,1-4H3. The Kier molecular flexibility index (Phi) is 3.87. The van der Waals surface area contributed by atoms with Gasteiger partial charge in [0.25, 0.3) is 0 Å². The Morgan fingerprint density at radius 2 is 1.83 bits per heavy atom. The molecule has 1 atom stereocenters. The molecule has 2 nitrogen and oxygen atoms in total. The first kappa shape index (κ1) is 12.9. The zero-order valence-electron chi connectivity index (χ0n) is 11.5. The molecule has 1 aromatic carbocycles. The maximum absolute atomic E-state index is 5.89. The van der Waals surface area contributed by atoms with Crippen LogP contribution in [0.5, 0.6) is 0 Å².